The van der Waals surface area contributed by atoms with Crippen molar-refractivity contribution in [1.82, 2.24) is 5.32 Å². The monoisotopic (exact) mass is 233 g/mol. The molecule has 0 heterocycles. The lowest BCUT2D eigenvalue weighted by molar-refractivity contribution is 0.210. The molecule has 0 bridgehead atoms. The summed E-state index contributed by atoms with van der Waals surface area (Å²) in [5.41, 5.74) is 1.37. The van der Waals surface area contributed by atoms with Crippen LogP contribution in [-0.4, -0.2) is 19.7 Å². The SMILES string of the molecule is CNCC(C)c1ccc(OC2CCCC2)cc1. The van der Waals surface area contributed by atoms with E-state index >= 15 is 0 Å². The molecular weight excluding hydrogens is 210 g/mol. The lowest BCUT2D eigenvalue weighted by Gasteiger charge is -2.15. The van der Waals surface area contributed by atoms with E-state index in [0.717, 1.165) is 12.3 Å². The maximum Gasteiger partial charge on any atom is 0.119 e. The van der Waals surface area contributed by atoms with E-state index in [1.165, 1.54) is 31.2 Å². The van der Waals surface area contributed by atoms with E-state index in [4.69, 9.17) is 4.74 Å². The highest BCUT2D eigenvalue weighted by atomic mass is 16.5. The molecular formula is C15H23NO. The maximum atomic E-state index is 5.95. The highest BCUT2D eigenvalue weighted by Gasteiger charge is 2.16. The average Bonchev–Trinajstić information content (AvgIpc) is 2.83. The van der Waals surface area contributed by atoms with Crippen LogP contribution in [0.5, 0.6) is 5.75 Å². The van der Waals surface area contributed by atoms with Gasteiger partial charge in [0.15, 0.2) is 0 Å². The molecule has 17 heavy (non-hydrogen) atoms. The first-order valence-corrected chi connectivity index (χ1v) is 6.71. The van der Waals surface area contributed by atoms with E-state index in [1.54, 1.807) is 0 Å². The van der Waals surface area contributed by atoms with E-state index in [2.05, 4.69) is 36.5 Å². The molecule has 1 aliphatic carbocycles. The van der Waals surface area contributed by atoms with E-state index in [0.29, 0.717) is 12.0 Å². The molecule has 1 saturated carbocycles. The fourth-order valence-corrected chi connectivity index (χ4v) is 2.50. The van der Waals surface area contributed by atoms with Gasteiger partial charge in [-0.3, -0.25) is 0 Å². The van der Waals surface area contributed by atoms with Gasteiger partial charge in [0.25, 0.3) is 0 Å². The number of rotatable bonds is 5. The van der Waals surface area contributed by atoms with Crippen molar-refractivity contribution >= 4 is 0 Å². The number of ether oxygens (including phenoxy) is 1. The highest BCUT2D eigenvalue weighted by molar-refractivity contribution is 5.29. The molecule has 1 aromatic rings. The van der Waals surface area contributed by atoms with Gasteiger partial charge in [0.1, 0.15) is 5.75 Å². The van der Waals surface area contributed by atoms with E-state index in [1.807, 2.05) is 7.05 Å². The summed E-state index contributed by atoms with van der Waals surface area (Å²) in [7, 11) is 1.99. The zero-order valence-corrected chi connectivity index (χ0v) is 10.9. The van der Waals surface area contributed by atoms with Gasteiger partial charge in [0, 0.05) is 6.54 Å². The normalized spacial score (nSPS) is 18.2. The van der Waals surface area contributed by atoms with Crippen LogP contribution in [0.25, 0.3) is 0 Å². The van der Waals surface area contributed by atoms with Gasteiger partial charge in [0.05, 0.1) is 6.10 Å². The first kappa shape index (κ1) is 12.4. The molecule has 2 heteroatoms. The van der Waals surface area contributed by atoms with Crippen LogP contribution in [-0.2, 0) is 0 Å². The Hall–Kier alpha value is -1.02. The second-order valence-electron chi connectivity index (χ2n) is 5.05. The van der Waals surface area contributed by atoms with Gasteiger partial charge in [-0.25, -0.2) is 0 Å². The summed E-state index contributed by atoms with van der Waals surface area (Å²) in [5.74, 6) is 1.58. The fourth-order valence-electron chi connectivity index (χ4n) is 2.50. The van der Waals surface area contributed by atoms with Gasteiger partial charge in [-0.05, 0) is 56.3 Å². The van der Waals surface area contributed by atoms with Crippen LogP contribution in [0, 0.1) is 0 Å². The fraction of sp³-hybridized carbons (Fsp3) is 0.600. The Morgan fingerprint density at radius 3 is 2.47 bits per heavy atom. The van der Waals surface area contributed by atoms with Crippen molar-refractivity contribution < 1.29 is 4.74 Å². The molecule has 94 valence electrons. The second-order valence-corrected chi connectivity index (χ2v) is 5.05. The van der Waals surface area contributed by atoms with Crippen LogP contribution in [0.3, 0.4) is 0 Å². The van der Waals surface area contributed by atoms with Crippen LogP contribution in [0.4, 0.5) is 0 Å². The van der Waals surface area contributed by atoms with Crippen LogP contribution >= 0.6 is 0 Å². The summed E-state index contributed by atoms with van der Waals surface area (Å²) < 4.78 is 5.95. The van der Waals surface area contributed by atoms with Crippen molar-refractivity contribution in [3.05, 3.63) is 29.8 Å². The average molecular weight is 233 g/mol. The van der Waals surface area contributed by atoms with Gasteiger partial charge in [-0.15, -0.1) is 0 Å². The van der Waals surface area contributed by atoms with Crippen LogP contribution in [0.2, 0.25) is 0 Å². The predicted octanol–water partition coefficient (Wildman–Crippen LogP) is 3.33. The zero-order chi connectivity index (χ0) is 12.1. The lowest BCUT2D eigenvalue weighted by Crippen LogP contribution is -2.14. The molecule has 1 fully saturated rings. The smallest absolute Gasteiger partial charge is 0.119 e. The quantitative estimate of drug-likeness (QED) is 0.842. The molecule has 1 aromatic carbocycles. The summed E-state index contributed by atoms with van der Waals surface area (Å²) in [4.78, 5) is 0. The molecule has 0 aromatic heterocycles. The molecule has 0 amide bonds. The topological polar surface area (TPSA) is 21.3 Å². The molecule has 2 rings (SSSR count). The number of benzene rings is 1. The van der Waals surface area contributed by atoms with E-state index in [-0.39, 0.29) is 0 Å². The van der Waals surface area contributed by atoms with Crippen LogP contribution in [0.1, 0.15) is 44.1 Å². The Balaban J connectivity index is 1.92. The Bertz CT molecular complexity index is 327. The van der Waals surface area contributed by atoms with Crippen molar-refractivity contribution in [2.75, 3.05) is 13.6 Å². The molecule has 1 unspecified atom stereocenters. The molecule has 1 aliphatic rings. The van der Waals surface area contributed by atoms with Crippen molar-refractivity contribution in [3.8, 4) is 5.75 Å². The summed E-state index contributed by atoms with van der Waals surface area (Å²) in [5, 5.41) is 3.21. The summed E-state index contributed by atoms with van der Waals surface area (Å²) in [6.07, 6.45) is 5.54. The van der Waals surface area contributed by atoms with Crippen molar-refractivity contribution in [2.24, 2.45) is 0 Å². The molecule has 0 spiro atoms. The van der Waals surface area contributed by atoms with Crippen LogP contribution < -0.4 is 10.1 Å². The number of likely N-dealkylation sites (N-methyl/N-ethyl adjacent to an activating group) is 1. The highest BCUT2D eigenvalue weighted by Crippen LogP contribution is 2.25. The van der Waals surface area contributed by atoms with Gasteiger partial charge in [-0.1, -0.05) is 19.1 Å². The third-order valence-corrected chi connectivity index (χ3v) is 3.56. The van der Waals surface area contributed by atoms with E-state index in [9.17, 15) is 0 Å². The Morgan fingerprint density at radius 1 is 1.24 bits per heavy atom. The Labute approximate surface area is 104 Å². The molecule has 0 aliphatic heterocycles. The summed E-state index contributed by atoms with van der Waals surface area (Å²) >= 11 is 0. The molecule has 2 nitrogen and oxygen atoms in total. The molecule has 1 N–H and O–H groups in total. The second kappa shape index (κ2) is 6.06. The number of hydrogen-bond donors (Lipinski definition) is 1. The van der Waals surface area contributed by atoms with Crippen molar-refractivity contribution in [1.29, 1.82) is 0 Å². The largest absolute Gasteiger partial charge is 0.490 e. The zero-order valence-electron chi connectivity index (χ0n) is 10.9. The first-order valence-electron chi connectivity index (χ1n) is 6.71. The van der Waals surface area contributed by atoms with Crippen molar-refractivity contribution in [3.63, 3.8) is 0 Å². The van der Waals surface area contributed by atoms with Gasteiger partial charge in [0.2, 0.25) is 0 Å². The summed E-state index contributed by atoms with van der Waals surface area (Å²) in [6, 6.07) is 8.60. The van der Waals surface area contributed by atoms with Gasteiger partial charge in [-0.2, -0.15) is 0 Å². The minimum atomic E-state index is 0.454. The Morgan fingerprint density at radius 2 is 1.88 bits per heavy atom. The minimum absolute atomic E-state index is 0.454. The van der Waals surface area contributed by atoms with Gasteiger partial charge < -0.3 is 10.1 Å². The van der Waals surface area contributed by atoms with Crippen molar-refractivity contribution in [2.45, 2.75) is 44.6 Å². The third-order valence-electron chi connectivity index (χ3n) is 3.56. The first-order chi connectivity index (χ1) is 8.29. The molecule has 0 saturated heterocycles. The molecule has 0 radical (unpaired) electrons. The minimum Gasteiger partial charge on any atom is -0.490 e. The standard InChI is InChI=1S/C15H23NO/c1-12(11-16-2)13-7-9-15(10-8-13)17-14-5-3-4-6-14/h7-10,12,14,16H,3-6,11H2,1-2H3. The predicted molar refractivity (Wildman–Crippen MR) is 71.7 cm³/mol. The summed E-state index contributed by atoms with van der Waals surface area (Å²) in [6.45, 7) is 3.26. The lowest BCUT2D eigenvalue weighted by atomic mass is 10.0. The van der Waals surface area contributed by atoms with E-state index < -0.39 is 0 Å². The molecule has 1 atom stereocenters. The van der Waals surface area contributed by atoms with Crippen LogP contribution in [0.15, 0.2) is 24.3 Å². The number of nitrogens with one attached hydrogen (secondary N) is 1. The number of hydrogen-bond acceptors (Lipinski definition) is 2. The Kier molecular flexibility index (Phi) is 4.43. The maximum absolute atomic E-state index is 5.95. The van der Waals surface area contributed by atoms with Gasteiger partial charge >= 0.3 is 0 Å². The third kappa shape index (κ3) is 3.47.